The Morgan fingerprint density at radius 3 is 2.62 bits per heavy atom. The predicted molar refractivity (Wildman–Crippen MR) is 92.0 cm³/mol. The van der Waals surface area contributed by atoms with Crippen molar-refractivity contribution in [1.82, 2.24) is 0 Å². The van der Waals surface area contributed by atoms with E-state index in [1.54, 1.807) is 24.3 Å². The average molecular weight is 367 g/mol. The lowest BCUT2D eigenvalue weighted by Crippen LogP contribution is -2.28. The van der Waals surface area contributed by atoms with Crippen molar-refractivity contribution in [2.24, 2.45) is 5.92 Å². The molecule has 0 bridgehead atoms. The molecule has 7 heteroatoms. The monoisotopic (exact) mass is 366 g/mol. The summed E-state index contributed by atoms with van der Waals surface area (Å²) in [7, 11) is 0. The SMILES string of the molecule is O=C(Nc1ccc(F)c(Cl)c1)[C@@H]1CC(=O)N(c2ccccc2Cl)C1. The summed E-state index contributed by atoms with van der Waals surface area (Å²) < 4.78 is 13.2. The van der Waals surface area contributed by atoms with Crippen LogP contribution in [0.3, 0.4) is 0 Å². The molecule has 0 unspecified atom stereocenters. The van der Waals surface area contributed by atoms with Crippen molar-refractivity contribution in [3.63, 3.8) is 0 Å². The molecule has 1 saturated heterocycles. The molecule has 2 amide bonds. The molecular weight excluding hydrogens is 354 g/mol. The normalized spacial score (nSPS) is 17.2. The van der Waals surface area contributed by atoms with E-state index in [0.29, 0.717) is 16.4 Å². The minimum absolute atomic E-state index is 0.0759. The van der Waals surface area contributed by atoms with Gasteiger partial charge in [0.25, 0.3) is 0 Å². The van der Waals surface area contributed by atoms with E-state index in [9.17, 15) is 14.0 Å². The maximum absolute atomic E-state index is 13.2. The molecule has 0 aliphatic carbocycles. The summed E-state index contributed by atoms with van der Waals surface area (Å²) in [5.74, 6) is -1.56. The van der Waals surface area contributed by atoms with Crippen LogP contribution in [-0.2, 0) is 9.59 Å². The van der Waals surface area contributed by atoms with Gasteiger partial charge in [-0.05, 0) is 30.3 Å². The highest BCUT2D eigenvalue weighted by atomic mass is 35.5. The predicted octanol–water partition coefficient (Wildman–Crippen LogP) is 4.12. The van der Waals surface area contributed by atoms with Gasteiger partial charge in [-0.15, -0.1) is 0 Å². The van der Waals surface area contributed by atoms with Crippen molar-refractivity contribution in [3.8, 4) is 0 Å². The van der Waals surface area contributed by atoms with Gasteiger partial charge in [0.2, 0.25) is 11.8 Å². The Morgan fingerprint density at radius 2 is 1.92 bits per heavy atom. The largest absolute Gasteiger partial charge is 0.326 e. The number of hydrogen-bond acceptors (Lipinski definition) is 2. The van der Waals surface area contributed by atoms with Crippen LogP contribution in [0.2, 0.25) is 10.0 Å². The second kappa shape index (κ2) is 6.79. The molecule has 2 aromatic carbocycles. The molecule has 2 aromatic rings. The number of amides is 2. The smallest absolute Gasteiger partial charge is 0.229 e. The van der Waals surface area contributed by atoms with Crippen molar-refractivity contribution in [1.29, 1.82) is 0 Å². The fourth-order valence-corrected chi connectivity index (χ4v) is 3.02. The number of halogens is 3. The number of carbonyl (C=O) groups is 2. The van der Waals surface area contributed by atoms with Crippen molar-refractivity contribution < 1.29 is 14.0 Å². The fraction of sp³-hybridized carbons (Fsp3) is 0.176. The molecule has 1 aliphatic heterocycles. The number of para-hydroxylation sites is 1. The number of nitrogens with zero attached hydrogens (tertiary/aromatic N) is 1. The first-order chi connectivity index (χ1) is 11.5. The maximum Gasteiger partial charge on any atom is 0.229 e. The Balaban J connectivity index is 1.72. The highest BCUT2D eigenvalue weighted by molar-refractivity contribution is 6.34. The van der Waals surface area contributed by atoms with E-state index in [1.807, 2.05) is 0 Å². The molecule has 3 rings (SSSR count). The number of nitrogens with one attached hydrogen (secondary N) is 1. The highest BCUT2D eigenvalue weighted by Gasteiger charge is 2.35. The van der Waals surface area contributed by atoms with Gasteiger partial charge in [-0.2, -0.15) is 0 Å². The molecule has 1 N–H and O–H groups in total. The number of benzene rings is 2. The van der Waals surface area contributed by atoms with Crippen LogP contribution in [0, 0.1) is 11.7 Å². The molecule has 1 fully saturated rings. The molecule has 1 atom stereocenters. The Hall–Kier alpha value is -2.11. The summed E-state index contributed by atoms with van der Waals surface area (Å²) in [6, 6.07) is 10.9. The second-order valence-electron chi connectivity index (χ2n) is 5.47. The summed E-state index contributed by atoms with van der Waals surface area (Å²) in [5, 5.41) is 3.04. The van der Waals surface area contributed by atoms with Crippen LogP contribution < -0.4 is 10.2 Å². The molecule has 1 aliphatic rings. The van der Waals surface area contributed by atoms with Gasteiger partial charge < -0.3 is 10.2 Å². The summed E-state index contributed by atoms with van der Waals surface area (Å²) in [6.07, 6.45) is 0.0893. The third-order valence-corrected chi connectivity index (χ3v) is 4.44. The zero-order valence-electron chi connectivity index (χ0n) is 12.4. The molecule has 1 heterocycles. The Kier molecular flexibility index (Phi) is 4.73. The van der Waals surface area contributed by atoms with Crippen LogP contribution in [0.5, 0.6) is 0 Å². The fourth-order valence-electron chi connectivity index (χ4n) is 2.60. The third kappa shape index (κ3) is 3.37. The molecule has 24 heavy (non-hydrogen) atoms. The van der Waals surface area contributed by atoms with Crippen LogP contribution in [0.4, 0.5) is 15.8 Å². The molecule has 124 valence electrons. The molecule has 0 saturated carbocycles. The Bertz CT molecular complexity index is 813. The van der Waals surface area contributed by atoms with E-state index in [-0.39, 0.29) is 29.8 Å². The quantitative estimate of drug-likeness (QED) is 0.887. The van der Waals surface area contributed by atoms with Crippen molar-refractivity contribution in [2.75, 3.05) is 16.8 Å². The summed E-state index contributed by atoms with van der Waals surface area (Å²) in [4.78, 5) is 26.1. The van der Waals surface area contributed by atoms with Crippen molar-refractivity contribution in [3.05, 3.63) is 58.3 Å². The zero-order valence-corrected chi connectivity index (χ0v) is 13.9. The van der Waals surface area contributed by atoms with E-state index in [4.69, 9.17) is 23.2 Å². The summed E-state index contributed by atoms with van der Waals surface area (Å²) >= 11 is 11.8. The number of hydrogen-bond donors (Lipinski definition) is 1. The van der Waals surface area contributed by atoms with E-state index in [2.05, 4.69) is 5.32 Å². The summed E-state index contributed by atoms with van der Waals surface area (Å²) in [5.41, 5.74) is 0.972. The number of rotatable bonds is 3. The van der Waals surface area contributed by atoms with Gasteiger partial charge in [0, 0.05) is 18.7 Å². The topological polar surface area (TPSA) is 49.4 Å². The van der Waals surface area contributed by atoms with Crippen LogP contribution in [0.15, 0.2) is 42.5 Å². The molecule has 0 aromatic heterocycles. The molecular formula is C17H13Cl2FN2O2. The highest BCUT2D eigenvalue weighted by Crippen LogP contribution is 2.31. The minimum atomic E-state index is -0.560. The van der Waals surface area contributed by atoms with E-state index < -0.39 is 11.7 Å². The average Bonchev–Trinajstić information content (AvgIpc) is 2.93. The van der Waals surface area contributed by atoms with Gasteiger partial charge in [0.1, 0.15) is 5.82 Å². The Morgan fingerprint density at radius 1 is 1.17 bits per heavy atom. The number of carbonyl (C=O) groups excluding carboxylic acids is 2. The van der Waals surface area contributed by atoms with Gasteiger partial charge >= 0.3 is 0 Å². The second-order valence-corrected chi connectivity index (χ2v) is 6.29. The molecule has 0 spiro atoms. The van der Waals surface area contributed by atoms with E-state index in [0.717, 1.165) is 0 Å². The lowest BCUT2D eigenvalue weighted by Gasteiger charge is -2.18. The van der Waals surface area contributed by atoms with Crippen molar-refractivity contribution in [2.45, 2.75) is 6.42 Å². The minimum Gasteiger partial charge on any atom is -0.326 e. The maximum atomic E-state index is 13.2. The van der Waals surface area contributed by atoms with Gasteiger partial charge in [-0.3, -0.25) is 9.59 Å². The zero-order chi connectivity index (χ0) is 17.3. The molecule has 4 nitrogen and oxygen atoms in total. The van der Waals surface area contributed by atoms with Gasteiger partial charge in [0.15, 0.2) is 0 Å². The van der Waals surface area contributed by atoms with Gasteiger partial charge in [-0.1, -0.05) is 35.3 Å². The van der Waals surface area contributed by atoms with Crippen LogP contribution in [0.1, 0.15) is 6.42 Å². The molecule has 0 radical (unpaired) electrons. The van der Waals surface area contributed by atoms with E-state index in [1.165, 1.54) is 23.1 Å². The van der Waals surface area contributed by atoms with Crippen LogP contribution in [0.25, 0.3) is 0 Å². The first-order valence-electron chi connectivity index (χ1n) is 7.26. The first-order valence-corrected chi connectivity index (χ1v) is 8.02. The van der Waals surface area contributed by atoms with Crippen LogP contribution in [-0.4, -0.2) is 18.4 Å². The van der Waals surface area contributed by atoms with Crippen LogP contribution >= 0.6 is 23.2 Å². The third-order valence-electron chi connectivity index (χ3n) is 3.83. The van der Waals surface area contributed by atoms with E-state index >= 15 is 0 Å². The van der Waals surface area contributed by atoms with Gasteiger partial charge in [0.05, 0.1) is 21.7 Å². The number of anilines is 2. The lowest BCUT2D eigenvalue weighted by atomic mass is 10.1. The van der Waals surface area contributed by atoms with Gasteiger partial charge in [-0.25, -0.2) is 4.39 Å². The summed E-state index contributed by atoms with van der Waals surface area (Å²) in [6.45, 7) is 0.239. The standard InChI is InChI=1S/C17H13Cl2FN2O2/c18-12-3-1-2-4-15(12)22-9-10(7-16(22)23)17(24)21-11-5-6-14(20)13(19)8-11/h1-6,8,10H,7,9H2,(H,21,24)/t10-/m1/s1. The van der Waals surface area contributed by atoms with Crippen molar-refractivity contribution >= 4 is 46.4 Å². The lowest BCUT2D eigenvalue weighted by molar-refractivity contribution is -0.122. The Labute approximate surface area is 148 Å². The first kappa shape index (κ1) is 16.7.